The Bertz CT molecular complexity index is 814. The number of nitrogens with zero attached hydrogens (tertiary/aromatic N) is 4. The van der Waals surface area contributed by atoms with E-state index in [4.69, 9.17) is 9.98 Å². The monoisotopic (exact) mass is 360 g/mol. The zero-order valence-electron chi connectivity index (χ0n) is 16.1. The molecule has 0 saturated heterocycles. The third-order valence-corrected chi connectivity index (χ3v) is 6.14. The van der Waals surface area contributed by atoms with Gasteiger partial charge in [0.15, 0.2) is 0 Å². The molecule has 0 aromatic carbocycles. The van der Waals surface area contributed by atoms with Crippen LogP contribution < -0.4 is 0 Å². The second-order valence-corrected chi connectivity index (χ2v) is 8.04. The molecule has 2 aromatic heterocycles. The second-order valence-electron chi connectivity index (χ2n) is 8.04. The van der Waals surface area contributed by atoms with Crippen LogP contribution in [0.15, 0.2) is 52.7 Å². The van der Waals surface area contributed by atoms with Gasteiger partial charge in [0, 0.05) is 24.8 Å². The summed E-state index contributed by atoms with van der Waals surface area (Å²) < 4.78 is 0. The molecule has 4 nitrogen and oxygen atoms in total. The van der Waals surface area contributed by atoms with Crippen LogP contribution in [-0.4, -0.2) is 34.5 Å². The van der Waals surface area contributed by atoms with E-state index in [-0.39, 0.29) is 5.41 Å². The predicted molar refractivity (Wildman–Crippen MR) is 112 cm³/mol. The maximum Gasteiger partial charge on any atom is 0.0923 e. The molecule has 4 rings (SSSR count). The van der Waals surface area contributed by atoms with Crippen LogP contribution in [0.4, 0.5) is 0 Å². The van der Waals surface area contributed by atoms with Gasteiger partial charge in [0.1, 0.15) is 0 Å². The summed E-state index contributed by atoms with van der Waals surface area (Å²) in [7, 11) is 0. The van der Waals surface area contributed by atoms with E-state index < -0.39 is 0 Å². The first-order chi connectivity index (χ1) is 13.3. The van der Waals surface area contributed by atoms with Gasteiger partial charge in [-0.25, -0.2) is 0 Å². The Morgan fingerprint density at radius 1 is 0.815 bits per heavy atom. The van der Waals surface area contributed by atoms with Gasteiger partial charge < -0.3 is 0 Å². The summed E-state index contributed by atoms with van der Waals surface area (Å²) in [6, 6.07) is 11.1. The number of aliphatic imine (C=N–C) groups is 2. The molecule has 3 atom stereocenters. The molecule has 27 heavy (non-hydrogen) atoms. The largest absolute Gasteiger partial charge is 0.286 e. The molecule has 0 amide bonds. The molecule has 4 heteroatoms. The first-order valence-electron chi connectivity index (χ1n) is 10.2. The summed E-state index contributed by atoms with van der Waals surface area (Å²) in [4.78, 5) is 18.7. The van der Waals surface area contributed by atoms with Crippen LogP contribution in [0.2, 0.25) is 0 Å². The molecule has 2 aliphatic rings. The van der Waals surface area contributed by atoms with E-state index in [0.717, 1.165) is 30.7 Å². The summed E-state index contributed by atoms with van der Waals surface area (Å²) in [6.45, 7) is 2.41. The van der Waals surface area contributed by atoms with Crippen molar-refractivity contribution >= 4 is 12.4 Å². The van der Waals surface area contributed by atoms with E-state index in [0.29, 0.717) is 12.1 Å². The summed E-state index contributed by atoms with van der Waals surface area (Å²) in [5, 5.41) is 0. The molecule has 3 unspecified atom stereocenters. The molecule has 1 saturated carbocycles. The molecule has 1 fully saturated rings. The van der Waals surface area contributed by atoms with Crippen molar-refractivity contribution in [2.24, 2.45) is 9.98 Å². The van der Waals surface area contributed by atoms with Crippen LogP contribution in [0.1, 0.15) is 57.4 Å². The van der Waals surface area contributed by atoms with Crippen LogP contribution in [0.5, 0.6) is 0 Å². The van der Waals surface area contributed by atoms with Crippen molar-refractivity contribution in [3.8, 4) is 11.4 Å². The average Bonchev–Trinajstić information content (AvgIpc) is 2.73. The summed E-state index contributed by atoms with van der Waals surface area (Å²) in [6.07, 6.45) is 15.7. The summed E-state index contributed by atoms with van der Waals surface area (Å²) >= 11 is 0. The van der Waals surface area contributed by atoms with Gasteiger partial charge in [-0.3, -0.25) is 20.0 Å². The highest BCUT2D eigenvalue weighted by molar-refractivity contribution is 6.16. The fourth-order valence-electron chi connectivity index (χ4n) is 4.59. The number of fused-ring (bicyclic) bond motifs is 1. The maximum absolute atomic E-state index is 4.73. The average molecular weight is 361 g/mol. The minimum Gasteiger partial charge on any atom is -0.286 e. The third-order valence-electron chi connectivity index (χ3n) is 6.14. The lowest BCUT2D eigenvalue weighted by atomic mass is 9.72. The van der Waals surface area contributed by atoms with Crippen LogP contribution in [-0.2, 0) is 5.41 Å². The Morgan fingerprint density at radius 3 is 2.33 bits per heavy atom. The van der Waals surface area contributed by atoms with Gasteiger partial charge in [0.25, 0.3) is 0 Å². The smallest absolute Gasteiger partial charge is 0.0923 e. The number of hydrogen-bond donors (Lipinski definition) is 0. The Kier molecular flexibility index (Phi) is 5.42. The molecule has 0 radical (unpaired) electrons. The SMILES string of the molecule is CC1(c2cccnc2-c2ccccn2)CCCCC2N=CC=NC2CCC1. The predicted octanol–water partition coefficient (Wildman–Crippen LogP) is 5.04. The van der Waals surface area contributed by atoms with Gasteiger partial charge in [0.2, 0.25) is 0 Å². The molecular formula is C23H28N4. The number of rotatable bonds is 2. The normalized spacial score (nSPS) is 28.5. The molecule has 3 heterocycles. The van der Waals surface area contributed by atoms with Gasteiger partial charge in [-0.05, 0) is 54.9 Å². The lowest BCUT2D eigenvalue weighted by Crippen LogP contribution is -2.30. The lowest BCUT2D eigenvalue weighted by molar-refractivity contribution is 0.328. The molecule has 140 valence electrons. The third kappa shape index (κ3) is 4.00. The van der Waals surface area contributed by atoms with Gasteiger partial charge >= 0.3 is 0 Å². The molecule has 0 bridgehead atoms. The first kappa shape index (κ1) is 18.0. The maximum atomic E-state index is 4.73. The molecule has 1 aliphatic heterocycles. The minimum atomic E-state index is 0.121. The van der Waals surface area contributed by atoms with Gasteiger partial charge in [-0.2, -0.15) is 0 Å². The van der Waals surface area contributed by atoms with E-state index in [9.17, 15) is 0 Å². The van der Waals surface area contributed by atoms with Crippen molar-refractivity contribution in [3.05, 3.63) is 48.3 Å². The Balaban J connectivity index is 1.61. The van der Waals surface area contributed by atoms with Crippen LogP contribution in [0.25, 0.3) is 11.4 Å². The Hall–Kier alpha value is -2.36. The summed E-state index contributed by atoms with van der Waals surface area (Å²) in [5.41, 5.74) is 3.47. The van der Waals surface area contributed by atoms with Crippen molar-refractivity contribution < 1.29 is 0 Å². The number of aromatic nitrogens is 2. The van der Waals surface area contributed by atoms with Crippen LogP contribution in [0.3, 0.4) is 0 Å². The topological polar surface area (TPSA) is 50.5 Å². The molecular weight excluding hydrogens is 332 g/mol. The Morgan fingerprint density at radius 2 is 1.56 bits per heavy atom. The standard InChI is InChI=1S/C23H28N4/c1-23(18-8-7-15-27-22(18)21-10-3-5-14-24-21)12-4-2-9-19-20(11-6-13-23)26-17-16-25-19/h3,5,7-8,10,14-17,19-20H,2,4,6,9,11-13H2,1H3. The van der Waals surface area contributed by atoms with Crippen molar-refractivity contribution in [1.29, 1.82) is 0 Å². The zero-order valence-corrected chi connectivity index (χ0v) is 16.1. The highest BCUT2D eigenvalue weighted by atomic mass is 14.9. The van der Waals surface area contributed by atoms with Crippen LogP contribution in [0, 0.1) is 0 Å². The summed E-state index contributed by atoms with van der Waals surface area (Å²) in [5.74, 6) is 0. The first-order valence-corrected chi connectivity index (χ1v) is 10.2. The van der Waals surface area contributed by atoms with Crippen molar-refractivity contribution in [3.63, 3.8) is 0 Å². The van der Waals surface area contributed by atoms with Crippen molar-refractivity contribution in [1.82, 2.24) is 9.97 Å². The number of hydrogen-bond acceptors (Lipinski definition) is 4. The van der Waals surface area contributed by atoms with Crippen molar-refractivity contribution in [2.45, 2.75) is 69.4 Å². The molecule has 0 spiro atoms. The van der Waals surface area contributed by atoms with Gasteiger partial charge in [-0.1, -0.05) is 38.3 Å². The quantitative estimate of drug-likeness (QED) is 0.753. The lowest BCUT2D eigenvalue weighted by Gasteiger charge is -2.34. The second kappa shape index (κ2) is 8.12. The van der Waals surface area contributed by atoms with E-state index in [1.807, 2.05) is 37.0 Å². The fourth-order valence-corrected chi connectivity index (χ4v) is 4.59. The zero-order chi connectivity index (χ0) is 18.5. The number of pyridine rings is 2. The minimum absolute atomic E-state index is 0.121. The fraction of sp³-hybridized carbons (Fsp3) is 0.478. The van der Waals surface area contributed by atoms with Crippen LogP contribution >= 0.6 is 0 Å². The highest BCUT2D eigenvalue weighted by Gasteiger charge is 2.32. The molecule has 1 aliphatic carbocycles. The van der Waals surface area contributed by atoms with Gasteiger partial charge in [-0.15, -0.1) is 0 Å². The molecule has 2 aromatic rings. The van der Waals surface area contributed by atoms with E-state index >= 15 is 0 Å². The van der Waals surface area contributed by atoms with Crippen molar-refractivity contribution in [2.75, 3.05) is 0 Å². The highest BCUT2D eigenvalue weighted by Crippen LogP contribution is 2.40. The Labute approximate surface area is 161 Å². The van der Waals surface area contributed by atoms with Gasteiger partial charge in [0.05, 0.1) is 23.5 Å². The van der Waals surface area contributed by atoms with E-state index in [1.54, 1.807) is 0 Å². The molecule has 0 N–H and O–H groups in total. The van der Waals surface area contributed by atoms with E-state index in [1.165, 1.54) is 31.2 Å². The van der Waals surface area contributed by atoms with E-state index in [2.05, 4.69) is 35.1 Å².